The summed E-state index contributed by atoms with van der Waals surface area (Å²) in [4.78, 5) is 0.291. The molecule has 0 radical (unpaired) electrons. The third kappa shape index (κ3) is 2.23. The predicted octanol–water partition coefficient (Wildman–Crippen LogP) is 2.45. The van der Waals surface area contributed by atoms with Crippen LogP contribution in [-0.2, 0) is 14.6 Å². The highest BCUT2D eigenvalue weighted by Gasteiger charge is 2.46. The van der Waals surface area contributed by atoms with E-state index in [2.05, 4.69) is 0 Å². The molecule has 0 bridgehead atoms. The summed E-state index contributed by atoms with van der Waals surface area (Å²) in [5.74, 6) is 0. The van der Waals surface area contributed by atoms with E-state index in [1.165, 1.54) is 0 Å². The van der Waals surface area contributed by atoms with Crippen molar-refractivity contribution in [2.45, 2.75) is 54.8 Å². The van der Waals surface area contributed by atoms with E-state index < -0.39 is 9.84 Å². The van der Waals surface area contributed by atoms with Crippen LogP contribution in [0.25, 0.3) is 0 Å². The van der Waals surface area contributed by atoms with E-state index in [0.29, 0.717) is 30.0 Å². The molecule has 1 aromatic rings. The van der Waals surface area contributed by atoms with Gasteiger partial charge in [-0.15, -0.1) is 0 Å². The van der Waals surface area contributed by atoms with Gasteiger partial charge in [-0.3, -0.25) is 0 Å². The second kappa shape index (κ2) is 4.74. The SMILES string of the molecule is Cc1ccc(N)c(S(=O)(=O)C2CCOC3(CCC3)C2)c1. The Kier molecular flexibility index (Phi) is 3.29. The maximum Gasteiger partial charge on any atom is 0.183 e. The monoisotopic (exact) mass is 295 g/mol. The van der Waals surface area contributed by atoms with Crippen LogP contribution in [0.5, 0.6) is 0 Å². The molecule has 1 aliphatic carbocycles. The van der Waals surface area contributed by atoms with Crippen molar-refractivity contribution in [3.63, 3.8) is 0 Å². The van der Waals surface area contributed by atoms with Gasteiger partial charge in [-0.1, -0.05) is 6.07 Å². The van der Waals surface area contributed by atoms with Crippen molar-refractivity contribution < 1.29 is 13.2 Å². The Bertz CT molecular complexity index is 620. The highest BCUT2D eigenvalue weighted by molar-refractivity contribution is 7.92. The van der Waals surface area contributed by atoms with Gasteiger partial charge in [0.2, 0.25) is 0 Å². The number of nitrogen functional groups attached to an aromatic ring is 1. The Hall–Kier alpha value is -1.07. The van der Waals surface area contributed by atoms with Crippen molar-refractivity contribution in [3.05, 3.63) is 23.8 Å². The maximum atomic E-state index is 12.9. The first-order chi connectivity index (χ1) is 9.43. The van der Waals surface area contributed by atoms with E-state index in [1.54, 1.807) is 12.1 Å². The summed E-state index contributed by atoms with van der Waals surface area (Å²) in [6.07, 6.45) is 4.30. The lowest BCUT2D eigenvalue weighted by Crippen LogP contribution is -2.49. The van der Waals surface area contributed by atoms with Gasteiger partial charge in [0, 0.05) is 6.61 Å². The second-order valence-corrected chi connectivity index (χ2v) is 8.28. The average Bonchev–Trinajstić information content (AvgIpc) is 2.40. The van der Waals surface area contributed by atoms with Gasteiger partial charge in [-0.25, -0.2) is 8.42 Å². The fourth-order valence-corrected chi connectivity index (χ4v) is 5.27. The smallest absolute Gasteiger partial charge is 0.183 e. The molecule has 2 fully saturated rings. The first-order valence-corrected chi connectivity index (χ1v) is 8.72. The largest absolute Gasteiger partial charge is 0.398 e. The van der Waals surface area contributed by atoms with Crippen molar-refractivity contribution in [3.8, 4) is 0 Å². The number of aryl methyl sites for hydroxylation is 1. The summed E-state index contributed by atoms with van der Waals surface area (Å²) >= 11 is 0. The van der Waals surface area contributed by atoms with Crippen LogP contribution in [0.3, 0.4) is 0 Å². The van der Waals surface area contributed by atoms with Crippen LogP contribution in [0.4, 0.5) is 5.69 Å². The zero-order chi connectivity index (χ0) is 14.4. The molecule has 0 aromatic heterocycles. The summed E-state index contributed by atoms with van der Waals surface area (Å²) in [6, 6.07) is 5.21. The molecule has 110 valence electrons. The van der Waals surface area contributed by atoms with Gasteiger partial charge in [-0.2, -0.15) is 0 Å². The van der Waals surface area contributed by atoms with E-state index in [-0.39, 0.29) is 10.9 Å². The molecular formula is C15H21NO3S. The minimum Gasteiger partial charge on any atom is -0.398 e. The summed E-state index contributed by atoms with van der Waals surface area (Å²) in [7, 11) is -3.37. The molecule has 2 N–H and O–H groups in total. The van der Waals surface area contributed by atoms with Crippen LogP contribution < -0.4 is 5.73 Å². The molecule has 5 heteroatoms. The number of rotatable bonds is 2. The molecule has 3 rings (SSSR count). The summed E-state index contributed by atoms with van der Waals surface area (Å²) in [5, 5.41) is -0.361. The number of nitrogens with two attached hydrogens (primary N) is 1. The van der Waals surface area contributed by atoms with E-state index in [4.69, 9.17) is 10.5 Å². The number of hydrogen-bond acceptors (Lipinski definition) is 4. The molecule has 1 unspecified atom stereocenters. The zero-order valence-corrected chi connectivity index (χ0v) is 12.6. The normalized spacial score (nSPS) is 25.4. The molecular weight excluding hydrogens is 274 g/mol. The Morgan fingerprint density at radius 1 is 1.35 bits per heavy atom. The van der Waals surface area contributed by atoms with Crippen molar-refractivity contribution in [2.24, 2.45) is 0 Å². The average molecular weight is 295 g/mol. The highest BCUT2D eigenvalue weighted by atomic mass is 32.2. The van der Waals surface area contributed by atoms with Gasteiger partial charge in [-0.05, 0) is 56.7 Å². The molecule has 2 aliphatic rings. The summed E-state index contributed by atoms with van der Waals surface area (Å²) in [5.41, 5.74) is 6.99. The first-order valence-electron chi connectivity index (χ1n) is 7.17. The topological polar surface area (TPSA) is 69.4 Å². The molecule has 1 atom stereocenters. The van der Waals surface area contributed by atoms with Gasteiger partial charge < -0.3 is 10.5 Å². The van der Waals surface area contributed by atoms with Crippen molar-refractivity contribution >= 4 is 15.5 Å². The minimum absolute atomic E-state index is 0.172. The Morgan fingerprint density at radius 3 is 2.75 bits per heavy atom. The third-order valence-corrected chi connectivity index (χ3v) is 6.87. The summed E-state index contributed by atoms with van der Waals surface area (Å²) in [6.45, 7) is 2.42. The second-order valence-electron chi connectivity index (χ2n) is 6.09. The van der Waals surface area contributed by atoms with Crippen LogP contribution in [0.15, 0.2) is 23.1 Å². The standard InChI is InChI=1S/C15H21NO3S/c1-11-3-4-13(16)14(9-11)20(17,18)12-5-8-19-15(10-12)6-2-7-15/h3-4,9,12H,2,5-8,10,16H2,1H3. The first kappa shape index (κ1) is 13.9. The van der Waals surface area contributed by atoms with Crippen LogP contribution >= 0.6 is 0 Å². The minimum atomic E-state index is -3.37. The predicted molar refractivity (Wildman–Crippen MR) is 78.3 cm³/mol. The number of ether oxygens (including phenoxy) is 1. The van der Waals surface area contributed by atoms with Gasteiger partial charge in [0.25, 0.3) is 0 Å². The number of anilines is 1. The van der Waals surface area contributed by atoms with Crippen LogP contribution in [0, 0.1) is 6.92 Å². The lowest BCUT2D eigenvalue weighted by molar-refractivity contribution is -0.125. The number of benzene rings is 1. The zero-order valence-electron chi connectivity index (χ0n) is 11.8. The van der Waals surface area contributed by atoms with Gasteiger partial charge in [0.15, 0.2) is 9.84 Å². The fraction of sp³-hybridized carbons (Fsp3) is 0.600. The highest BCUT2D eigenvalue weighted by Crippen LogP contribution is 2.45. The third-order valence-electron chi connectivity index (χ3n) is 4.63. The van der Waals surface area contributed by atoms with Crippen LogP contribution in [0.2, 0.25) is 0 Å². The van der Waals surface area contributed by atoms with E-state index >= 15 is 0 Å². The van der Waals surface area contributed by atoms with Crippen molar-refractivity contribution in [1.29, 1.82) is 0 Å². The lowest BCUT2D eigenvalue weighted by Gasteiger charge is -2.46. The van der Waals surface area contributed by atoms with Gasteiger partial charge >= 0.3 is 0 Å². The van der Waals surface area contributed by atoms with Gasteiger partial charge in [0.1, 0.15) is 0 Å². The molecule has 1 heterocycles. The van der Waals surface area contributed by atoms with Gasteiger partial charge in [0.05, 0.1) is 21.4 Å². The molecule has 1 aromatic carbocycles. The molecule has 1 aliphatic heterocycles. The molecule has 1 saturated heterocycles. The fourth-order valence-electron chi connectivity index (χ4n) is 3.23. The maximum absolute atomic E-state index is 12.9. The number of hydrogen-bond donors (Lipinski definition) is 1. The Morgan fingerprint density at radius 2 is 2.10 bits per heavy atom. The van der Waals surface area contributed by atoms with E-state index in [0.717, 1.165) is 24.8 Å². The van der Waals surface area contributed by atoms with Crippen LogP contribution in [0.1, 0.15) is 37.7 Å². The molecule has 1 spiro atoms. The molecule has 20 heavy (non-hydrogen) atoms. The quantitative estimate of drug-likeness (QED) is 0.851. The number of sulfone groups is 1. The van der Waals surface area contributed by atoms with Crippen LogP contribution in [-0.4, -0.2) is 25.9 Å². The van der Waals surface area contributed by atoms with E-state index in [9.17, 15) is 8.42 Å². The van der Waals surface area contributed by atoms with Crippen molar-refractivity contribution in [1.82, 2.24) is 0 Å². The molecule has 0 amide bonds. The molecule has 4 nitrogen and oxygen atoms in total. The summed E-state index contributed by atoms with van der Waals surface area (Å²) < 4.78 is 31.5. The Balaban J connectivity index is 1.93. The van der Waals surface area contributed by atoms with Crippen molar-refractivity contribution in [2.75, 3.05) is 12.3 Å². The molecule has 1 saturated carbocycles. The Labute approximate surface area is 120 Å². The lowest BCUT2D eigenvalue weighted by atomic mass is 9.75. The van der Waals surface area contributed by atoms with E-state index in [1.807, 2.05) is 13.0 Å².